The van der Waals surface area contributed by atoms with Crippen LogP contribution in [0, 0.1) is 5.92 Å². The largest absolute Gasteiger partial charge is 0.490 e. The maximum absolute atomic E-state index is 13.5. The number of aliphatic carboxylic acids is 2. The van der Waals surface area contributed by atoms with Crippen molar-refractivity contribution in [1.29, 1.82) is 0 Å². The number of alkyl halides is 6. The highest BCUT2D eigenvalue weighted by Gasteiger charge is 2.39. The van der Waals surface area contributed by atoms with Crippen LogP contribution in [0.4, 0.5) is 37.7 Å². The molecule has 11 nitrogen and oxygen atoms in total. The van der Waals surface area contributed by atoms with E-state index in [1.54, 1.807) is 17.0 Å². The molecule has 1 saturated heterocycles. The van der Waals surface area contributed by atoms with Crippen LogP contribution >= 0.6 is 0 Å². The molecule has 3 heterocycles. The number of rotatable bonds is 5. The number of hydrogen-bond acceptors (Lipinski definition) is 7. The normalized spacial score (nSPS) is 15.2. The number of para-hydroxylation sites is 1. The van der Waals surface area contributed by atoms with E-state index in [2.05, 4.69) is 9.88 Å². The number of benzene rings is 2. The van der Waals surface area contributed by atoms with E-state index in [4.69, 9.17) is 25.5 Å². The SMILES string of the molecule is NCc1ccc(C(=O)N2CC(=O)N(CC3CCN(c4ccncc4)CC3)c3ccccc3C2)cc1.O=C(O)C(F)(F)F.O=C(O)C(F)(F)F. The van der Waals surface area contributed by atoms with Crippen molar-refractivity contribution in [3.8, 4) is 0 Å². The molecular formula is C32H33F6N5O6. The second kappa shape index (κ2) is 16.8. The van der Waals surface area contributed by atoms with Crippen LogP contribution in [0.5, 0.6) is 0 Å². The van der Waals surface area contributed by atoms with Gasteiger partial charge < -0.3 is 30.6 Å². The van der Waals surface area contributed by atoms with Crippen LogP contribution in [-0.2, 0) is 27.5 Å². The number of pyridine rings is 1. The van der Waals surface area contributed by atoms with Gasteiger partial charge in [-0.05, 0) is 60.2 Å². The summed E-state index contributed by atoms with van der Waals surface area (Å²) >= 11 is 0. The molecule has 0 unspecified atom stereocenters. The number of piperidine rings is 1. The number of carboxylic acids is 2. The van der Waals surface area contributed by atoms with Crippen molar-refractivity contribution in [3.05, 3.63) is 89.7 Å². The monoisotopic (exact) mass is 697 g/mol. The van der Waals surface area contributed by atoms with E-state index in [0.717, 1.165) is 42.7 Å². The Morgan fingerprint density at radius 3 is 1.86 bits per heavy atom. The molecule has 0 bridgehead atoms. The van der Waals surface area contributed by atoms with Crippen molar-refractivity contribution < 1.29 is 55.7 Å². The number of nitrogens with zero attached hydrogens (tertiary/aromatic N) is 4. The molecule has 0 saturated carbocycles. The molecule has 4 N–H and O–H groups in total. The predicted molar refractivity (Wildman–Crippen MR) is 164 cm³/mol. The van der Waals surface area contributed by atoms with Crippen molar-refractivity contribution in [2.45, 2.75) is 38.3 Å². The molecule has 0 radical (unpaired) electrons. The molecule has 0 aliphatic carbocycles. The van der Waals surface area contributed by atoms with Gasteiger partial charge in [0, 0.05) is 62.1 Å². The Morgan fingerprint density at radius 2 is 1.35 bits per heavy atom. The van der Waals surface area contributed by atoms with Crippen molar-refractivity contribution in [2.24, 2.45) is 11.7 Å². The lowest BCUT2D eigenvalue weighted by molar-refractivity contribution is -0.193. The summed E-state index contributed by atoms with van der Waals surface area (Å²) in [5, 5.41) is 14.2. The summed E-state index contributed by atoms with van der Waals surface area (Å²) in [5.74, 6) is -5.26. The highest BCUT2D eigenvalue weighted by atomic mass is 19.4. The minimum absolute atomic E-state index is 0.0292. The smallest absolute Gasteiger partial charge is 0.475 e. The van der Waals surface area contributed by atoms with Crippen LogP contribution in [0.2, 0.25) is 0 Å². The van der Waals surface area contributed by atoms with Crippen LogP contribution in [-0.4, -0.2) is 82.4 Å². The van der Waals surface area contributed by atoms with Crippen LogP contribution in [0.15, 0.2) is 73.1 Å². The summed E-state index contributed by atoms with van der Waals surface area (Å²) in [7, 11) is 0. The van der Waals surface area contributed by atoms with E-state index in [9.17, 15) is 35.9 Å². The van der Waals surface area contributed by atoms with Crippen LogP contribution < -0.4 is 15.5 Å². The fourth-order valence-corrected chi connectivity index (χ4v) is 5.05. The molecule has 3 aromatic rings. The average molecular weight is 698 g/mol. The van der Waals surface area contributed by atoms with Gasteiger partial charge in [0.05, 0.1) is 0 Å². The van der Waals surface area contributed by atoms with Crippen molar-refractivity contribution >= 4 is 35.1 Å². The average Bonchev–Trinajstić information content (AvgIpc) is 3.20. The first kappa shape index (κ1) is 38.3. The number of carboxylic acid groups (broad SMARTS) is 2. The van der Waals surface area contributed by atoms with Crippen molar-refractivity contribution in [1.82, 2.24) is 9.88 Å². The summed E-state index contributed by atoms with van der Waals surface area (Å²) in [6, 6.07) is 19.4. The maximum Gasteiger partial charge on any atom is 0.490 e. The van der Waals surface area contributed by atoms with Gasteiger partial charge in [-0.15, -0.1) is 0 Å². The number of nitrogens with two attached hydrogens (primary N) is 1. The fourth-order valence-electron chi connectivity index (χ4n) is 5.05. The van der Waals surface area contributed by atoms with Crippen LogP contribution in [0.1, 0.15) is 34.3 Å². The topological polar surface area (TPSA) is 157 Å². The van der Waals surface area contributed by atoms with Crippen molar-refractivity contribution in [2.75, 3.05) is 36.0 Å². The van der Waals surface area contributed by atoms with Gasteiger partial charge in [0.2, 0.25) is 5.91 Å². The molecule has 2 aliphatic heterocycles. The fraction of sp³-hybridized carbons (Fsp3) is 0.344. The molecule has 0 spiro atoms. The van der Waals surface area contributed by atoms with Crippen LogP contribution in [0.25, 0.3) is 0 Å². The summed E-state index contributed by atoms with van der Waals surface area (Å²) < 4.78 is 63.5. The first-order valence-electron chi connectivity index (χ1n) is 14.7. The molecule has 0 atom stereocenters. The molecule has 2 aromatic carbocycles. The number of halogens is 6. The van der Waals surface area contributed by atoms with Gasteiger partial charge in [0.1, 0.15) is 6.54 Å². The Morgan fingerprint density at radius 1 is 0.816 bits per heavy atom. The maximum atomic E-state index is 13.5. The Kier molecular flexibility index (Phi) is 13.1. The number of carbonyl (C=O) groups is 4. The predicted octanol–water partition coefficient (Wildman–Crippen LogP) is 4.71. The summed E-state index contributed by atoms with van der Waals surface area (Å²) in [5.41, 5.74) is 10.4. The number of hydrogen-bond donors (Lipinski definition) is 3. The minimum atomic E-state index is -5.08. The van der Waals surface area contributed by atoms with Gasteiger partial charge in [-0.3, -0.25) is 14.6 Å². The molecular weight excluding hydrogens is 664 g/mol. The van der Waals surface area contributed by atoms with Gasteiger partial charge in [-0.2, -0.15) is 26.3 Å². The zero-order valence-corrected chi connectivity index (χ0v) is 25.8. The highest BCUT2D eigenvalue weighted by molar-refractivity contribution is 6.02. The van der Waals surface area contributed by atoms with Gasteiger partial charge in [0.15, 0.2) is 0 Å². The molecule has 2 aliphatic rings. The highest BCUT2D eigenvalue weighted by Crippen LogP contribution is 2.30. The first-order chi connectivity index (χ1) is 23.0. The van der Waals surface area contributed by atoms with Gasteiger partial charge in [0.25, 0.3) is 5.91 Å². The third-order valence-corrected chi connectivity index (χ3v) is 7.56. The van der Waals surface area contributed by atoms with Crippen molar-refractivity contribution in [3.63, 3.8) is 0 Å². The molecule has 2 amide bonds. The van der Waals surface area contributed by atoms with Gasteiger partial charge in [-0.1, -0.05) is 30.3 Å². The second-order valence-corrected chi connectivity index (χ2v) is 10.9. The third kappa shape index (κ3) is 11.2. The van der Waals surface area contributed by atoms with Gasteiger partial charge in [-0.25, -0.2) is 9.59 Å². The third-order valence-electron chi connectivity index (χ3n) is 7.56. The first-order valence-corrected chi connectivity index (χ1v) is 14.7. The zero-order valence-electron chi connectivity index (χ0n) is 25.8. The van der Waals surface area contributed by atoms with E-state index in [0.29, 0.717) is 31.1 Å². The molecule has 264 valence electrons. The van der Waals surface area contributed by atoms with E-state index >= 15 is 0 Å². The Hall–Kier alpha value is -5.19. The quantitative estimate of drug-likeness (QED) is 0.321. The van der Waals surface area contributed by atoms with E-state index in [-0.39, 0.29) is 18.4 Å². The standard InChI is InChI=1S/C28H31N5O2.2C2HF3O2/c29-17-21-5-7-23(8-6-21)28(35)32-19-24-3-1-2-4-26(24)33(27(34)20-32)18-22-11-15-31(16-12-22)25-9-13-30-14-10-25;2*3-2(4,5)1(6)7/h1-10,13-14,22H,11-12,15-20,29H2;2*(H,6,7). The number of anilines is 2. The number of fused-ring (bicyclic) bond motifs is 1. The Bertz CT molecular complexity index is 1560. The molecule has 17 heteroatoms. The molecule has 5 rings (SSSR count). The number of carbonyl (C=O) groups excluding carboxylic acids is 2. The van der Waals surface area contributed by atoms with E-state index < -0.39 is 24.3 Å². The van der Waals surface area contributed by atoms with Crippen LogP contribution in [0.3, 0.4) is 0 Å². The number of aromatic nitrogens is 1. The van der Waals surface area contributed by atoms with E-state index in [1.165, 1.54) is 5.69 Å². The second-order valence-electron chi connectivity index (χ2n) is 10.9. The summed E-state index contributed by atoms with van der Waals surface area (Å²) in [4.78, 5) is 54.6. The summed E-state index contributed by atoms with van der Waals surface area (Å²) in [6.07, 6.45) is -4.48. The van der Waals surface area contributed by atoms with Gasteiger partial charge >= 0.3 is 24.3 Å². The molecule has 49 heavy (non-hydrogen) atoms. The lowest BCUT2D eigenvalue weighted by Crippen LogP contribution is -2.44. The van der Waals surface area contributed by atoms with E-state index in [1.807, 2.05) is 65.8 Å². The zero-order chi connectivity index (χ0) is 36.4. The molecule has 1 fully saturated rings. The lowest BCUT2D eigenvalue weighted by Gasteiger charge is -2.36. The minimum Gasteiger partial charge on any atom is -0.475 e. The number of amides is 2. The molecule has 1 aromatic heterocycles. The summed E-state index contributed by atoms with van der Waals surface area (Å²) in [6.45, 7) is 3.51. The Balaban J connectivity index is 0.000000392. The lowest BCUT2D eigenvalue weighted by atomic mass is 9.95. The Labute approximate surface area is 276 Å².